The van der Waals surface area contributed by atoms with Crippen molar-refractivity contribution < 1.29 is 22.7 Å². The molecule has 0 aliphatic heterocycles. The average Bonchev–Trinajstić information content (AvgIpc) is 2.72. The number of aromatic nitrogens is 2. The molecule has 4 aromatic rings. The summed E-state index contributed by atoms with van der Waals surface area (Å²) in [6.07, 6.45) is 1.59. The van der Waals surface area contributed by atoms with Gasteiger partial charge in [0.25, 0.3) is 0 Å². The molecule has 0 aliphatic rings. The minimum atomic E-state index is -1.12. The van der Waals surface area contributed by atoms with E-state index in [0.29, 0.717) is 22.3 Å². The van der Waals surface area contributed by atoms with E-state index in [4.69, 9.17) is 4.74 Å². The van der Waals surface area contributed by atoms with Crippen molar-refractivity contribution in [1.82, 2.24) is 9.97 Å². The molecule has 3 aromatic carbocycles. The van der Waals surface area contributed by atoms with Gasteiger partial charge < -0.3 is 4.74 Å². The van der Waals surface area contributed by atoms with Crippen LogP contribution in [0.1, 0.15) is 27.2 Å². The number of ether oxygens (including phenoxy) is 1. The Balaban J connectivity index is 1.66. The Morgan fingerprint density at radius 3 is 2.63 bits per heavy atom. The molecule has 0 fully saturated rings. The molecule has 0 saturated carbocycles. The predicted octanol–water partition coefficient (Wildman–Crippen LogP) is 5.17. The molecule has 0 unspecified atom stereocenters. The largest absolute Gasteiger partial charge is 0.486 e. The summed E-state index contributed by atoms with van der Waals surface area (Å²) in [7, 11) is 0. The molecule has 150 valence electrons. The second kappa shape index (κ2) is 7.94. The molecule has 7 heteroatoms. The number of nitrogens with zero attached hydrogens (tertiary/aromatic N) is 2. The molecule has 1 heterocycles. The molecule has 0 N–H and O–H groups in total. The number of carbonyl (C=O) groups is 1. The molecule has 0 radical (unpaired) electrons. The number of halogens is 3. The minimum Gasteiger partial charge on any atom is -0.486 e. The van der Waals surface area contributed by atoms with Gasteiger partial charge in [-0.2, -0.15) is 0 Å². The van der Waals surface area contributed by atoms with E-state index in [1.165, 1.54) is 30.3 Å². The van der Waals surface area contributed by atoms with Gasteiger partial charge in [0.1, 0.15) is 18.2 Å². The van der Waals surface area contributed by atoms with Gasteiger partial charge in [-0.3, -0.25) is 9.78 Å². The first-order valence-corrected chi connectivity index (χ1v) is 9.06. The van der Waals surface area contributed by atoms with Crippen LogP contribution in [-0.4, -0.2) is 15.8 Å². The second-order valence-electron chi connectivity index (χ2n) is 6.70. The van der Waals surface area contributed by atoms with Crippen molar-refractivity contribution in [1.29, 1.82) is 0 Å². The maximum absolute atomic E-state index is 14.9. The smallest absolute Gasteiger partial charge is 0.199 e. The van der Waals surface area contributed by atoms with Crippen molar-refractivity contribution in [2.75, 3.05) is 0 Å². The summed E-state index contributed by atoms with van der Waals surface area (Å²) < 4.78 is 48.0. The van der Waals surface area contributed by atoms with Crippen molar-refractivity contribution in [3.05, 3.63) is 101 Å². The Morgan fingerprint density at radius 1 is 1.00 bits per heavy atom. The molecule has 0 bridgehead atoms. The fraction of sp³-hybridized carbons (Fsp3) is 0.0870. The van der Waals surface area contributed by atoms with Crippen molar-refractivity contribution in [2.24, 2.45) is 0 Å². The number of rotatable bonds is 5. The van der Waals surface area contributed by atoms with Gasteiger partial charge >= 0.3 is 0 Å². The lowest BCUT2D eigenvalue weighted by molar-refractivity contribution is 0.103. The first-order chi connectivity index (χ1) is 14.4. The third-order valence-corrected chi connectivity index (χ3v) is 4.49. The van der Waals surface area contributed by atoms with Crippen LogP contribution in [0.2, 0.25) is 0 Å². The maximum Gasteiger partial charge on any atom is 0.199 e. The third-order valence-electron chi connectivity index (χ3n) is 4.49. The molecule has 4 rings (SSSR count). The second-order valence-corrected chi connectivity index (χ2v) is 6.70. The first-order valence-electron chi connectivity index (χ1n) is 9.06. The number of benzene rings is 3. The van der Waals surface area contributed by atoms with E-state index >= 15 is 0 Å². The lowest BCUT2D eigenvalue weighted by atomic mass is 10.0. The number of ketones is 1. The van der Waals surface area contributed by atoms with Crippen LogP contribution in [0, 0.1) is 24.4 Å². The summed E-state index contributed by atoms with van der Waals surface area (Å²) >= 11 is 0. The summed E-state index contributed by atoms with van der Waals surface area (Å²) in [5, 5.41) is 0. The SMILES string of the molecule is Cc1cnc2ccc(C(=O)c3c(F)ccc(OCc4cccc(F)c4)c3F)cc2n1. The van der Waals surface area contributed by atoms with Crippen LogP contribution in [0.4, 0.5) is 13.2 Å². The number of carbonyl (C=O) groups excluding carboxylic acids is 1. The van der Waals surface area contributed by atoms with Gasteiger partial charge in [-0.15, -0.1) is 0 Å². The summed E-state index contributed by atoms with van der Waals surface area (Å²) in [5.41, 5.74) is 1.46. The highest BCUT2D eigenvalue weighted by Gasteiger charge is 2.23. The van der Waals surface area contributed by atoms with Crippen LogP contribution in [0.15, 0.2) is 60.8 Å². The van der Waals surface area contributed by atoms with Crippen LogP contribution >= 0.6 is 0 Å². The highest BCUT2D eigenvalue weighted by Crippen LogP contribution is 2.27. The summed E-state index contributed by atoms with van der Waals surface area (Å²) in [5.74, 6) is -3.73. The van der Waals surface area contributed by atoms with E-state index in [1.54, 1.807) is 25.3 Å². The quantitative estimate of drug-likeness (QED) is 0.428. The molecular formula is C23H15F3N2O2. The normalized spacial score (nSPS) is 10.9. The topological polar surface area (TPSA) is 52.1 Å². The zero-order chi connectivity index (χ0) is 21.3. The molecule has 1 aromatic heterocycles. The van der Waals surface area contributed by atoms with Gasteiger partial charge in [0, 0.05) is 11.8 Å². The summed E-state index contributed by atoms with van der Waals surface area (Å²) in [6, 6.07) is 12.1. The molecule has 0 aliphatic carbocycles. The summed E-state index contributed by atoms with van der Waals surface area (Å²) in [4.78, 5) is 21.3. The number of hydrogen-bond acceptors (Lipinski definition) is 4. The summed E-state index contributed by atoms with van der Waals surface area (Å²) in [6.45, 7) is 1.61. The van der Waals surface area contributed by atoms with Crippen LogP contribution in [-0.2, 0) is 6.61 Å². The highest BCUT2D eigenvalue weighted by molar-refractivity contribution is 6.10. The van der Waals surface area contributed by atoms with E-state index in [9.17, 15) is 18.0 Å². The Kier molecular flexibility index (Phi) is 5.18. The Morgan fingerprint density at radius 2 is 1.83 bits per heavy atom. The molecule has 0 saturated heterocycles. The standard InChI is InChI=1S/C23H15F3N2O2/c1-13-11-27-18-7-5-15(10-19(18)28-13)23(29)21-17(25)6-8-20(22(21)26)30-12-14-3-2-4-16(24)9-14/h2-11H,12H2,1H3. The molecule has 0 spiro atoms. The number of hydrogen-bond donors (Lipinski definition) is 0. The van der Waals surface area contributed by atoms with Crippen LogP contribution in [0.25, 0.3) is 11.0 Å². The van der Waals surface area contributed by atoms with E-state index in [2.05, 4.69) is 9.97 Å². The molecule has 4 nitrogen and oxygen atoms in total. The Labute approximate surface area is 170 Å². The molecule has 0 atom stereocenters. The predicted molar refractivity (Wildman–Crippen MR) is 105 cm³/mol. The van der Waals surface area contributed by atoms with Crippen LogP contribution in [0.3, 0.4) is 0 Å². The molecule has 0 amide bonds. The first kappa shape index (κ1) is 19.6. The van der Waals surface area contributed by atoms with Crippen LogP contribution < -0.4 is 4.74 Å². The van der Waals surface area contributed by atoms with Gasteiger partial charge in [-0.1, -0.05) is 12.1 Å². The zero-order valence-electron chi connectivity index (χ0n) is 15.8. The van der Waals surface area contributed by atoms with E-state index in [1.807, 2.05) is 0 Å². The number of fused-ring (bicyclic) bond motifs is 1. The highest BCUT2D eigenvalue weighted by atomic mass is 19.1. The minimum absolute atomic E-state index is 0.0717. The monoisotopic (exact) mass is 408 g/mol. The van der Waals surface area contributed by atoms with E-state index < -0.39 is 28.8 Å². The van der Waals surface area contributed by atoms with Crippen LogP contribution in [0.5, 0.6) is 5.75 Å². The Hall–Kier alpha value is -3.74. The lowest BCUT2D eigenvalue weighted by Gasteiger charge is -2.11. The van der Waals surface area contributed by atoms with Gasteiger partial charge in [-0.25, -0.2) is 18.2 Å². The van der Waals surface area contributed by atoms with E-state index in [-0.39, 0.29) is 17.9 Å². The van der Waals surface area contributed by atoms with Gasteiger partial charge in [0.05, 0.1) is 22.3 Å². The van der Waals surface area contributed by atoms with Crippen molar-refractivity contribution in [3.8, 4) is 5.75 Å². The fourth-order valence-corrected chi connectivity index (χ4v) is 3.03. The maximum atomic E-state index is 14.9. The molecular weight excluding hydrogens is 393 g/mol. The van der Waals surface area contributed by atoms with Gasteiger partial charge in [-0.05, 0) is 55.0 Å². The Bertz CT molecular complexity index is 1270. The zero-order valence-corrected chi connectivity index (χ0v) is 15.8. The fourth-order valence-electron chi connectivity index (χ4n) is 3.03. The third kappa shape index (κ3) is 3.87. The van der Waals surface area contributed by atoms with Gasteiger partial charge in [0.15, 0.2) is 17.3 Å². The number of aryl methyl sites for hydroxylation is 1. The molecule has 30 heavy (non-hydrogen) atoms. The van der Waals surface area contributed by atoms with Crippen molar-refractivity contribution >= 4 is 16.8 Å². The van der Waals surface area contributed by atoms with Crippen molar-refractivity contribution in [3.63, 3.8) is 0 Å². The average molecular weight is 408 g/mol. The van der Waals surface area contributed by atoms with Crippen molar-refractivity contribution in [2.45, 2.75) is 13.5 Å². The van der Waals surface area contributed by atoms with Gasteiger partial charge in [0.2, 0.25) is 0 Å². The van der Waals surface area contributed by atoms with E-state index in [0.717, 1.165) is 12.1 Å². The lowest BCUT2D eigenvalue weighted by Crippen LogP contribution is -2.10.